The molecule has 0 unspecified atom stereocenters. The molecule has 0 atom stereocenters. The normalized spacial score (nSPS) is 37.3. The second kappa shape index (κ2) is 5.24. The molecule has 1 aromatic heterocycles. The number of hydrogen-bond acceptors (Lipinski definition) is 2. The second-order valence-electron chi connectivity index (χ2n) is 7.81. The van der Waals surface area contributed by atoms with Crippen molar-refractivity contribution >= 4 is 12.2 Å². The van der Waals surface area contributed by atoms with E-state index in [0.29, 0.717) is 5.41 Å². The molecule has 0 aromatic carbocycles. The van der Waals surface area contributed by atoms with Crippen LogP contribution in [0.1, 0.15) is 62.6 Å². The van der Waals surface area contributed by atoms with Gasteiger partial charge < -0.3 is 10.2 Å². The molecular formula is C17H26N2OS. The highest BCUT2D eigenvalue weighted by Crippen LogP contribution is 2.60. The molecule has 4 bridgehead atoms. The Hall–Kier alpha value is -0.610. The smallest absolute Gasteiger partial charge is 0.122 e. The van der Waals surface area contributed by atoms with Crippen LogP contribution in [0.5, 0.6) is 0 Å². The van der Waals surface area contributed by atoms with E-state index in [2.05, 4.69) is 10.2 Å². The highest BCUT2D eigenvalue weighted by atomic mass is 32.1. The van der Waals surface area contributed by atoms with Crippen molar-refractivity contribution in [1.29, 1.82) is 0 Å². The van der Waals surface area contributed by atoms with Gasteiger partial charge in [0.25, 0.3) is 0 Å². The number of aromatic amines is 2. The highest BCUT2D eigenvalue weighted by Gasteiger charge is 2.52. The number of unbranched alkanes of at least 4 members (excludes halogenated alkanes) is 1. The molecule has 0 saturated heterocycles. The van der Waals surface area contributed by atoms with E-state index in [9.17, 15) is 0 Å². The molecule has 3 N–H and O–H groups in total. The van der Waals surface area contributed by atoms with Gasteiger partial charge in [-0.15, -0.1) is 0 Å². The van der Waals surface area contributed by atoms with Crippen molar-refractivity contribution in [2.24, 2.45) is 17.8 Å². The molecule has 0 spiro atoms. The molecule has 4 fully saturated rings. The van der Waals surface area contributed by atoms with Gasteiger partial charge in [0.2, 0.25) is 0 Å². The minimum atomic E-state index is 0.285. The maximum atomic E-state index is 9.02. The van der Waals surface area contributed by atoms with Crippen molar-refractivity contribution in [3.8, 4) is 0 Å². The lowest BCUT2D eigenvalue weighted by atomic mass is 9.48. The monoisotopic (exact) mass is 306 g/mol. The third kappa shape index (κ3) is 2.31. The largest absolute Gasteiger partial charge is 0.396 e. The Morgan fingerprint density at radius 1 is 1.00 bits per heavy atom. The van der Waals surface area contributed by atoms with Crippen LogP contribution in [0.4, 0.5) is 0 Å². The number of aliphatic hydroxyl groups excluding tert-OH is 1. The van der Waals surface area contributed by atoms with Gasteiger partial charge in [0.05, 0.1) is 0 Å². The Kier molecular flexibility index (Phi) is 3.49. The number of aliphatic hydroxyl groups is 1. The summed E-state index contributed by atoms with van der Waals surface area (Å²) in [4.78, 5) is 0. The van der Waals surface area contributed by atoms with Crippen LogP contribution in [0.2, 0.25) is 0 Å². The van der Waals surface area contributed by atoms with Crippen LogP contribution < -0.4 is 0 Å². The third-order valence-electron chi connectivity index (χ3n) is 6.28. The van der Waals surface area contributed by atoms with Gasteiger partial charge >= 0.3 is 0 Å². The quantitative estimate of drug-likeness (QED) is 0.571. The first-order valence-electron chi connectivity index (χ1n) is 8.61. The van der Waals surface area contributed by atoms with E-state index in [4.69, 9.17) is 17.3 Å². The molecular weight excluding hydrogens is 280 g/mol. The highest BCUT2D eigenvalue weighted by molar-refractivity contribution is 7.71. The summed E-state index contributed by atoms with van der Waals surface area (Å²) in [6.45, 7) is 0.285. The van der Waals surface area contributed by atoms with Gasteiger partial charge in [0.1, 0.15) is 4.64 Å². The van der Waals surface area contributed by atoms with E-state index < -0.39 is 0 Å². The summed E-state index contributed by atoms with van der Waals surface area (Å²) < 4.78 is 0.902. The Labute approximate surface area is 131 Å². The summed E-state index contributed by atoms with van der Waals surface area (Å²) in [6.07, 6.45) is 11.5. The number of rotatable bonds is 5. The van der Waals surface area contributed by atoms with Crippen molar-refractivity contribution in [2.45, 2.75) is 63.2 Å². The molecule has 3 nitrogen and oxygen atoms in total. The minimum absolute atomic E-state index is 0.285. The summed E-state index contributed by atoms with van der Waals surface area (Å²) in [5.74, 6) is 2.87. The molecule has 0 amide bonds. The average molecular weight is 306 g/mol. The van der Waals surface area contributed by atoms with Gasteiger partial charge in [0, 0.05) is 23.3 Å². The van der Waals surface area contributed by atoms with Crippen molar-refractivity contribution in [1.82, 2.24) is 10.2 Å². The van der Waals surface area contributed by atoms with Crippen molar-refractivity contribution in [2.75, 3.05) is 6.61 Å². The topological polar surface area (TPSA) is 51.8 Å². The molecule has 21 heavy (non-hydrogen) atoms. The molecule has 4 aliphatic carbocycles. The fourth-order valence-electron chi connectivity index (χ4n) is 5.91. The van der Waals surface area contributed by atoms with Crippen LogP contribution >= 0.6 is 12.2 Å². The molecule has 1 aromatic rings. The molecule has 1 heterocycles. The van der Waals surface area contributed by atoms with Crippen LogP contribution in [-0.4, -0.2) is 21.9 Å². The summed E-state index contributed by atoms with van der Waals surface area (Å²) in [7, 11) is 0. The van der Waals surface area contributed by atoms with Crippen molar-refractivity contribution < 1.29 is 5.11 Å². The Bertz CT molecular complexity index is 538. The lowest BCUT2D eigenvalue weighted by molar-refractivity contribution is -0.00762. The van der Waals surface area contributed by atoms with Gasteiger partial charge in [0.15, 0.2) is 0 Å². The fourth-order valence-corrected chi connectivity index (χ4v) is 6.16. The van der Waals surface area contributed by atoms with Gasteiger partial charge in [-0.25, -0.2) is 0 Å². The Balaban J connectivity index is 1.65. The Morgan fingerprint density at radius 3 is 2.19 bits per heavy atom. The maximum Gasteiger partial charge on any atom is 0.122 e. The molecule has 0 aliphatic heterocycles. The van der Waals surface area contributed by atoms with Crippen LogP contribution in [0.3, 0.4) is 0 Å². The first-order chi connectivity index (χ1) is 10.2. The zero-order valence-electron chi connectivity index (χ0n) is 12.7. The average Bonchev–Trinajstić information content (AvgIpc) is 2.80. The molecule has 5 rings (SSSR count). The number of nitrogens with one attached hydrogen (secondary N) is 2. The molecule has 4 heteroatoms. The lowest BCUT2D eigenvalue weighted by Crippen LogP contribution is -2.49. The number of aromatic nitrogens is 2. The predicted octanol–water partition coefficient (Wildman–Crippen LogP) is 3.86. The van der Waals surface area contributed by atoms with Crippen LogP contribution in [-0.2, 0) is 11.8 Å². The first kappa shape index (κ1) is 14.0. The fraction of sp³-hybridized carbons (Fsp3) is 0.824. The molecule has 116 valence electrons. The van der Waals surface area contributed by atoms with E-state index in [0.717, 1.165) is 41.7 Å². The molecule has 4 saturated carbocycles. The van der Waals surface area contributed by atoms with E-state index in [1.165, 1.54) is 49.8 Å². The lowest BCUT2D eigenvalue weighted by Gasteiger charge is -2.56. The SMILES string of the molecule is OCCCCc1c(C23CC4CC(CC(C4)C2)C3)[nH][nH]c1=S. The second-order valence-corrected chi connectivity index (χ2v) is 8.22. The number of hydrogen-bond donors (Lipinski definition) is 3. The van der Waals surface area contributed by atoms with Gasteiger partial charge in [-0.1, -0.05) is 12.2 Å². The predicted molar refractivity (Wildman–Crippen MR) is 85.9 cm³/mol. The van der Waals surface area contributed by atoms with E-state index in [-0.39, 0.29) is 6.61 Å². The van der Waals surface area contributed by atoms with E-state index in [1.54, 1.807) is 0 Å². The van der Waals surface area contributed by atoms with Crippen LogP contribution in [0.25, 0.3) is 0 Å². The van der Waals surface area contributed by atoms with E-state index >= 15 is 0 Å². The minimum Gasteiger partial charge on any atom is -0.396 e. The van der Waals surface area contributed by atoms with Crippen LogP contribution in [0.15, 0.2) is 0 Å². The third-order valence-corrected chi connectivity index (χ3v) is 6.63. The van der Waals surface area contributed by atoms with Crippen molar-refractivity contribution in [3.63, 3.8) is 0 Å². The van der Waals surface area contributed by atoms with Crippen molar-refractivity contribution in [3.05, 3.63) is 15.9 Å². The first-order valence-corrected chi connectivity index (χ1v) is 9.02. The van der Waals surface area contributed by atoms with Gasteiger partial charge in [-0.05, 0) is 75.5 Å². The zero-order valence-corrected chi connectivity index (χ0v) is 13.5. The standard InChI is InChI=1S/C17H26N2OS/c20-4-2-1-3-14-15(18-19-16(14)21)17-8-11-5-12(9-17)7-13(6-11)10-17/h11-13,20H,1-10H2,(H2,18,19,21). The summed E-state index contributed by atoms with van der Waals surface area (Å²) in [5.41, 5.74) is 3.17. The summed E-state index contributed by atoms with van der Waals surface area (Å²) in [5, 5.41) is 15.7. The maximum absolute atomic E-state index is 9.02. The van der Waals surface area contributed by atoms with E-state index in [1.807, 2.05) is 0 Å². The number of H-pyrrole nitrogens is 2. The Morgan fingerprint density at radius 2 is 1.62 bits per heavy atom. The zero-order chi connectivity index (χ0) is 14.4. The van der Waals surface area contributed by atoms with Crippen LogP contribution in [0, 0.1) is 22.4 Å². The van der Waals surface area contributed by atoms with Gasteiger partial charge in [-0.2, -0.15) is 0 Å². The molecule has 0 radical (unpaired) electrons. The molecule has 4 aliphatic rings. The van der Waals surface area contributed by atoms with Gasteiger partial charge in [-0.3, -0.25) is 5.10 Å². The summed E-state index contributed by atoms with van der Waals surface area (Å²) >= 11 is 5.53. The summed E-state index contributed by atoms with van der Waals surface area (Å²) in [6, 6.07) is 0.